The van der Waals surface area contributed by atoms with Crippen LogP contribution in [0, 0.1) is 0 Å². The highest BCUT2D eigenvalue weighted by Gasteiger charge is 2.12. The molecule has 8 heteroatoms. The molecule has 0 amide bonds. The number of aromatic nitrogens is 1. The van der Waals surface area contributed by atoms with Crippen LogP contribution in [0.1, 0.15) is 11.1 Å². The maximum atomic E-state index is 11.2. The molecule has 0 fully saturated rings. The molecule has 3 aromatic carbocycles. The zero-order valence-electron chi connectivity index (χ0n) is 15.1. The largest absolute Gasteiger partial charge is 0.772 e. The van der Waals surface area contributed by atoms with Gasteiger partial charge < -0.3 is 9.11 Å². The zero-order chi connectivity index (χ0) is 20.6. The predicted octanol–water partition coefficient (Wildman–Crippen LogP) is 3.48. The predicted molar refractivity (Wildman–Crippen MR) is 111 cm³/mol. The van der Waals surface area contributed by atoms with Gasteiger partial charge in [-0.15, -0.1) is 0 Å². The smallest absolute Gasteiger partial charge is 0.0988 e. The van der Waals surface area contributed by atoms with Crippen molar-refractivity contribution in [2.45, 2.75) is 11.5 Å². The van der Waals surface area contributed by atoms with Crippen LogP contribution in [0.25, 0.3) is 32.9 Å². The van der Waals surface area contributed by atoms with Crippen LogP contribution in [-0.2, 0) is 32.7 Å². The third-order valence-corrected chi connectivity index (χ3v) is 5.88. The fourth-order valence-electron chi connectivity index (χ4n) is 3.41. The molecule has 0 aliphatic heterocycles. The number of rotatable bonds is 5. The molecule has 0 aliphatic carbocycles. The maximum absolute atomic E-state index is 11.2. The van der Waals surface area contributed by atoms with E-state index >= 15 is 0 Å². The van der Waals surface area contributed by atoms with E-state index in [4.69, 9.17) is 4.98 Å². The van der Waals surface area contributed by atoms with Gasteiger partial charge in [0.15, 0.2) is 0 Å². The molecule has 0 saturated carbocycles. The first-order valence-electron chi connectivity index (χ1n) is 8.70. The van der Waals surface area contributed by atoms with Gasteiger partial charge in [-0.25, -0.2) is 13.4 Å². The summed E-state index contributed by atoms with van der Waals surface area (Å²) in [6.07, 6.45) is 0. The second-order valence-corrected chi connectivity index (χ2v) is 9.00. The zero-order valence-corrected chi connectivity index (χ0v) is 16.7. The average Bonchev–Trinajstić information content (AvgIpc) is 2.66. The van der Waals surface area contributed by atoms with E-state index < -0.39 is 27.0 Å². The Labute approximate surface area is 170 Å². The minimum atomic E-state index is -4.39. The van der Waals surface area contributed by atoms with E-state index in [0.29, 0.717) is 16.8 Å². The van der Waals surface area contributed by atoms with Gasteiger partial charge in [0, 0.05) is 22.1 Å². The minimum Gasteiger partial charge on any atom is -0.772 e. The van der Waals surface area contributed by atoms with Gasteiger partial charge in [0.25, 0.3) is 0 Å². The number of benzene rings is 3. The van der Waals surface area contributed by atoms with Gasteiger partial charge in [-0.3, -0.25) is 4.21 Å². The van der Waals surface area contributed by atoms with Crippen molar-refractivity contribution in [2.24, 2.45) is 0 Å². The van der Waals surface area contributed by atoms with Gasteiger partial charge in [-0.05, 0) is 28.6 Å². The summed E-state index contributed by atoms with van der Waals surface area (Å²) in [7, 11) is -4.39. The molecule has 1 unspecified atom stereocenters. The Morgan fingerprint density at radius 3 is 2.24 bits per heavy atom. The molecule has 0 N–H and O–H groups in total. The Balaban J connectivity index is 1.92. The first-order valence-corrected chi connectivity index (χ1v) is 11.5. The monoisotopic (exact) mass is 425 g/mol. The summed E-state index contributed by atoms with van der Waals surface area (Å²) in [6, 6.07) is 19.7. The van der Waals surface area contributed by atoms with Crippen LogP contribution in [0.2, 0.25) is 0 Å². The van der Waals surface area contributed by atoms with Crippen molar-refractivity contribution in [3.8, 4) is 11.3 Å². The first kappa shape index (κ1) is 19.7. The molecular formula is C21H15NO5S2-2. The lowest BCUT2D eigenvalue weighted by Crippen LogP contribution is -2.02. The third kappa shape index (κ3) is 4.35. The molecule has 0 aliphatic rings. The van der Waals surface area contributed by atoms with Gasteiger partial charge in [-0.1, -0.05) is 65.7 Å². The Bertz CT molecular complexity index is 1350. The minimum absolute atomic E-state index is 0.0563. The second kappa shape index (κ2) is 7.64. The van der Waals surface area contributed by atoms with Crippen LogP contribution in [0.5, 0.6) is 0 Å². The van der Waals surface area contributed by atoms with Crippen LogP contribution in [0.15, 0.2) is 66.7 Å². The number of hydrogen-bond acceptors (Lipinski definition) is 6. The molecule has 29 heavy (non-hydrogen) atoms. The van der Waals surface area contributed by atoms with E-state index in [1.165, 1.54) is 0 Å². The second-order valence-electron chi connectivity index (χ2n) is 6.70. The summed E-state index contributed by atoms with van der Waals surface area (Å²) in [5, 5.41) is 2.47. The Kier molecular flexibility index (Phi) is 5.18. The SMILES string of the molecule is O=S([O-])Cc1ccc(-c2nc3ccccc3c3cc(CS(=O)(=O)[O-])ccc23)cc1. The molecule has 0 bridgehead atoms. The molecular weight excluding hydrogens is 410 g/mol. The number of hydrogen-bond donors (Lipinski definition) is 0. The van der Waals surface area contributed by atoms with E-state index in [2.05, 4.69) is 0 Å². The van der Waals surface area contributed by atoms with Crippen LogP contribution < -0.4 is 0 Å². The van der Waals surface area contributed by atoms with Gasteiger partial charge in [0.2, 0.25) is 0 Å². The number of pyridine rings is 1. The molecule has 6 nitrogen and oxygen atoms in total. The highest BCUT2D eigenvalue weighted by Crippen LogP contribution is 2.33. The molecule has 1 aromatic heterocycles. The number of fused-ring (bicyclic) bond motifs is 3. The van der Waals surface area contributed by atoms with Crippen molar-refractivity contribution < 1.29 is 21.7 Å². The lowest BCUT2D eigenvalue weighted by molar-refractivity contribution is 0.462. The molecule has 4 rings (SSSR count). The van der Waals surface area contributed by atoms with Gasteiger partial charge in [0.1, 0.15) is 0 Å². The van der Waals surface area contributed by atoms with Crippen molar-refractivity contribution >= 4 is 42.9 Å². The number of nitrogens with zero attached hydrogens (tertiary/aromatic N) is 1. The van der Waals surface area contributed by atoms with Gasteiger partial charge >= 0.3 is 0 Å². The lowest BCUT2D eigenvalue weighted by atomic mass is 9.98. The highest BCUT2D eigenvalue weighted by molar-refractivity contribution is 7.84. The van der Waals surface area contributed by atoms with E-state index in [1.54, 1.807) is 30.3 Å². The fraction of sp³-hybridized carbons (Fsp3) is 0.0952. The molecule has 0 saturated heterocycles. The summed E-state index contributed by atoms with van der Waals surface area (Å²) in [5.74, 6) is -0.630. The molecule has 0 radical (unpaired) electrons. The first-order chi connectivity index (χ1) is 13.8. The average molecular weight is 425 g/mol. The summed E-state index contributed by atoms with van der Waals surface area (Å²) in [4.78, 5) is 4.77. The van der Waals surface area contributed by atoms with Crippen LogP contribution >= 0.6 is 0 Å². The normalized spacial score (nSPS) is 13.0. The molecule has 0 spiro atoms. The van der Waals surface area contributed by atoms with E-state index in [-0.39, 0.29) is 5.75 Å². The molecule has 1 atom stereocenters. The van der Waals surface area contributed by atoms with E-state index in [9.17, 15) is 21.7 Å². The Morgan fingerprint density at radius 1 is 0.862 bits per heavy atom. The summed E-state index contributed by atoms with van der Waals surface area (Å²) < 4.78 is 55.4. The fourth-order valence-corrected chi connectivity index (χ4v) is 4.46. The number of para-hydroxylation sites is 1. The topological polar surface area (TPSA) is 110 Å². The van der Waals surface area contributed by atoms with Crippen LogP contribution in [0.4, 0.5) is 0 Å². The summed E-state index contributed by atoms with van der Waals surface area (Å²) >= 11 is -2.16. The Hall–Kier alpha value is -2.65. The third-order valence-electron chi connectivity index (χ3n) is 4.62. The van der Waals surface area contributed by atoms with Crippen molar-refractivity contribution in [2.75, 3.05) is 0 Å². The lowest BCUT2D eigenvalue weighted by Gasteiger charge is -2.13. The molecule has 148 valence electrons. The van der Waals surface area contributed by atoms with Crippen molar-refractivity contribution in [3.63, 3.8) is 0 Å². The van der Waals surface area contributed by atoms with Crippen molar-refractivity contribution in [3.05, 3.63) is 77.9 Å². The highest BCUT2D eigenvalue weighted by atomic mass is 32.2. The Morgan fingerprint density at radius 2 is 1.55 bits per heavy atom. The van der Waals surface area contributed by atoms with Crippen LogP contribution in [-0.4, -0.2) is 26.7 Å². The van der Waals surface area contributed by atoms with E-state index in [0.717, 1.165) is 27.2 Å². The molecule has 4 aromatic rings. The van der Waals surface area contributed by atoms with Crippen molar-refractivity contribution in [1.82, 2.24) is 4.98 Å². The standard InChI is InChI=1S/C21H17NO5S2/c23-28(24)12-14-5-8-16(9-6-14)21-18-10-7-15(13-29(25,26)27)11-19(18)17-3-1-2-4-20(17)22-21/h1-11H,12-13H2,(H,23,24)(H,25,26,27)/p-2. The van der Waals surface area contributed by atoms with E-state index in [1.807, 2.05) is 36.4 Å². The maximum Gasteiger partial charge on any atom is 0.0988 e. The summed E-state index contributed by atoms with van der Waals surface area (Å²) in [6.45, 7) is 0. The van der Waals surface area contributed by atoms with Gasteiger partial charge in [-0.2, -0.15) is 0 Å². The molecule has 1 heterocycles. The van der Waals surface area contributed by atoms with Crippen molar-refractivity contribution in [1.29, 1.82) is 0 Å². The van der Waals surface area contributed by atoms with Crippen LogP contribution in [0.3, 0.4) is 0 Å². The quantitative estimate of drug-likeness (QED) is 0.275. The summed E-state index contributed by atoms with van der Waals surface area (Å²) in [5.41, 5.74) is 3.34. The van der Waals surface area contributed by atoms with Gasteiger partial charge in [0.05, 0.1) is 27.1 Å².